The van der Waals surface area contributed by atoms with Crippen LogP contribution in [0.2, 0.25) is 0 Å². The quantitative estimate of drug-likeness (QED) is 0.896. The lowest BCUT2D eigenvalue weighted by Gasteiger charge is -2.27. The van der Waals surface area contributed by atoms with Crippen LogP contribution in [-0.4, -0.2) is 6.10 Å². The summed E-state index contributed by atoms with van der Waals surface area (Å²) in [4.78, 5) is 0. The molecule has 0 saturated heterocycles. The zero-order chi connectivity index (χ0) is 13.1. The van der Waals surface area contributed by atoms with Crippen LogP contribution in [0.15, 0.2) is 22.7 Å². The van der Waals surface area contributed by atoms with Gasteiger partial charge in [-0.05, 0) is 56.2 Å². The van der Waals surface area contributed by atoms with E-state index in [4.69, 9.17) is 10.5 Å². The van der Waals surface area contributed by atoms with Crippen molar-refractivity contribution in [3.63, 3.8) is 0 Å². The van der Waals surface area contributed by atoms with E-state index in [1.54, 1.807) is 0 Å². The van der Waals surface area contributed by atoms with E-state index in [1.165, 1.54) is 25.7 Å². The summed E-state index contributed by atoms with van der Waals surface area (Å²) in [6, 6.07) is 6.16. The van der Waals surface area contributed by atoms with Crippen molar-refractivity contribution in [2.75, 3.05) is 0 Å². The van der Waals surface area contributed by atoms with Crippen LogP contribution in [0.5, 0.6) is 5.75 Å². The highest BCUT2D eigenvalue weighted by molar-refractivity contribution is 9.10. The molecule has 1 aliphatic rings. The van der Waals surface area contributed by atoms with Crippen LogP contribution >= 0.6 is 15.9 Å². The van der Waals surface area contributed by atoms with Crippen LogP contribution in [0, 0.1) is 5.92 Å². The van der Waals surface area contributed by atoms with E-state index in [0.29, 0.717) is 6.10 Å². The maximum Gasteiger partial charge on any atom is 0.120 e. The molecule has 0 radical (unpaired) electrons. The molecule has 1 aliphatic carbocycles. The fraction of sp³-hybridized carbons (Fsp3) is 0.600. The Morgan fingerprint density at radius 1 is 1.28 bits per heavy atom. The number of rotatable bonds is 3. The Kier molecular flexibility index (Phi) is 4.68. The summed E-state index contributed by atoms with van der Waals surface area (Å²) in [5.74, 6) is 1.81. The van der Waals surface area contributed by atoms with Crippen LogP contribution in [0.25, 0.3) is 0 Å². The van der Waals surface area contributed by atoms with Gasteiger partial charge in [-0.1, -0.05) is 28.9 Å². The lowest BCUT2D eigenvalue weighted by molar-refractivity contribution is 0.135. The second-order valence-electron chi connectivity index (χ2n) is 5.47. The van der Waals surface area contributed by atoms with Crippen LogP contribution < -0.4 is 10.5 Å². The predicted molar refractivity (Wildman–Crippen MR) is 78.8 cm³/mol. The number of halogens is 1. The molecule has 2 N–H and O–H groups in total. The third-order valence-electron chi connectivity index (χ3n) is 3.73. The van der Waals surface area contributed by atoms with Crippen LogP contribution in [-0.2, 0) is 0 Å². The number of hydrogen-bond acceptors (Lipinski definition) is 2. The van der Waals surface area contributed by atoms with Gasteiger partial charge in [0.2, 0.25) is 0 Å². The molecule has 0 heterocycles. The Labute approximate surface area is 118 Å². The first-order chi connectivity index (χ1) is 8.56. The van der Waals surface area contributed by atoms with Crippen molar-refractivity contribution in [2.45, 2.75) is 51.7 Å². The van der Waals surface area contributed by atoms with Crippen LogP contribution in [0.4, 0.5) is 0 Å². The first-order valence-corrected chi connectivity index (χ1v) is 7.57. The van der Waals surface area contributed by atoms with Gasteiger partial charge in [0.1, 0.15) is 5.75 Å². The molecule has 1 saturated carbocycles. The van der Waals surface area contributed by atoms with E-state index in [9.17, 15) is 0 Å². The number of nitrogens with two attached hydrogens (primary N) is 1. The fourth-order valence-electron chi connectivity index (χ4n) is 2.49. The molecule has 1 aromatic rings. The smallest absolute Gasteiger partial charge is 0.120 e. The summed E-state index contributed by atoms with van der Waals surface area (Å²) in [6.45, 7) is 4.31. The van der Waals surface area contributed by atoms with E-state index >= 15 is 0 Å². The minimum absolute atomic E-state index is 0.0453. The molecule has 0 amide bonds. The monoisotopic (exact) mass is 311 g/mol. The van der Waals surface area contributed by atoms with Gasteiger partial charge >= 0.3 is 0 Å². The molecule has 1 aromatic carbocycles. The van der Waals surface area contributed by atoms with Crippen molar-refractivity contribution >= 4 is 15.9 Å². The highest BCUT2D eigenvalue weighted by Crippen LogP contribution is 2.30. The molecule has 0 unspecified atom stereocenters. The normalized spacial score (nSPS) is 25.8. The third kappa shape index (κ3) is 3.48. The van der Waals surface area contributed by atoms with E-state index in [2.05, 4.69) is 28.9 Å². The molecule has 100 valence electrons. The number of benzene rings is 1. The lowest BCUT2D eigenvalue weighted by Crippen LogP contribution is -2.23. The van der Waals surface area contributed by atoms with Gasteiger partial charge in [-0.3, -0.25) is 0 Å². The maximum absolute atomic E-state index is 6.05. The minimum Gasteiger partial charge on any atom is -0.490 e. The third-order valence-corrected chi connectivity index (χ3v) is 4.41. The van der Waals surface area contributed by atoms with E-state index in [0.717, 1.165) is 21.7 Å². The predicted octanol–water partition coefficient (Wildman–Crippen LogP) is 4.43. The molecular weight excluding hydrogens is 290 g/mol. The maximum atomic E-state index is 6.05. The molecule has 3 heteroatoms. The molecule has 1 atom stereocenters. The largest absolute Gasteiger partial charge is 0.490 e. The molecule has 18 heavy (non-hydrogen) atoms. The van der Waals surface area contributed by atoms with Gasteiger partial charge in [0.05, 0.1) is 6.10 Å². The van der Waals surface area contributed by atoms with Crippen molar-refractivity contribution in [3.05, 3.63) is 28.2 Å². The summed E-state index contributed by atoms with van der Waals surface area (Å²) >= 11 is 3.56. The summed E-state index contributed by atoms with van der Waals surface area (Å²) in [5.41, 5.74) is 7.02. The van der Waals surface area contributed by atoms with Gasteiger partial charge in [0.25, 0.3) is 0 Å². The topological polar surface area (TPSA) is 35.2 Å². The Bertz CT molecular complexity index is 397. The van der Waals surface area contributed by atoms with E-state index < -0.39 is 0 Å². The summed E-state index contributed by atoms with van der Waals surface area (Å²) in [5, 5.41) is 0. The summed E-state index contributed by atoms with van der Waals surface area (Å²) < 4.78 is 7.09. The molecule has 0 aromatic heterocycles. The van der Waals surface area contributed by atoms with Crippen molar-refractivity contribution < 1.29 is 4.74 Å². The van der Waals surface area contributed by atoms with Crippen molar-refractivity contribution in [1.29, 1.82) is 0 Å². The van der Waals surface area contributed by atoms with Gasteiger partial charge in [0.15, 0.2) is 0 Å². The standard InChI is InChI=1S/C15H22BrNO/c1-10-3-5-12(6-4-10)18-13-7-8-14(11(2)17)15(16)9-13/h7-12H,3-6,17H2,1-2H3/t10?,11-,12?/m0/s1. The Hall–Kier alpha value is -0.540. The Morgan fingerprint density at radius 3 is 2.50 bits per heavy atom. The Morgan fingerprint density at radius 2 is 1.94 bits per heavy atom. The first-order valence-electron chi connectivity index (χ1n) is 6.78. The van der Waals surface area contributed by atoms with Crippen molar-refractivity contribution in [1.82, 2.24) is 0 Å². The second-order valence-corrected chi connectivity index (χ2v) is 6.33. The molecule has 2 nitrogen and oxygen atoms in total. The second kappa shape index (κ2) is 6.07. The van der Waals surface area contributed by atoms with E-state index in [1.807, 2.05) is 19.1 Å². The average molecular weight is 312 g/mol. The van der Waals surface area contributed by atoms with Gasteiger partial charge in [-0.2, -0.15) is 0 Å². The molecule has 0 aliphatic heterocycles. The average Bonchev–Trinajstić information content (AvgIpc) is 2.32. The number of hydrogen-bond donors (Lipinski definition) is 1. The number of ether oxygens (including phenoxy) is 1. The molecule has 0 bridgehead atoms. The lowest BCUT2D eigenvalue weighted by atomic mass is 9.89. The fourth-order valence-corrected chi connectivity index (χ4v) is 3.21. The highest BCUT2D eigenvalue weighted by Gasteiger charge is 2.19. The van der Waals surface area contributed by atoms with Crippen LogP contribution in [0.3, 0.4) is 0 Å². The van der Waals surface area contributed by atoms with Gasteiger partial charge < -0.3 is 10.5 Å². The highest BCUT2D eigenvalue weighted by atomic mass is 79.9. The van der Waals surface area contributed by atoms with Crippen molar-refractivity contribution in [3.8, 4) is 5.75 Å². The molecule has 2 rings (SSSR count). The zero-order valence-corrected chi connectivity index (χ0v) is 12.7. The molecule has 0 spiro atoms. The van der Waals surface area contributed by atoms with Gasteiger partial charge in [-0.25, -0.2) is 0 Å². The van der Waals surface area contributed by atoms with Gasteiger partial charge in [-0.15, -0.1) is 0 Å². The summed E-state index contributed by atoms with van der Waals surface area (Å²) in [6.07, 6.45) is 5.30. The Balaban J connectivity index is 2.00. The minimum atomic E-state index is 0.0453. The van der Waals surface area contributed by atoms with Crippen LogP contribution in [0.1, 0.15) is 51.1 Å². The summed E-state index contributed by atoms with van der Waals surface area (Å²) in [7, 11) is 0. The van der Waals surface area contributed by atoms with Crippen molar-refractivity contribution in [2.24, 2.45) is 11.7 Å². The molecule has 1 fully saturated rings. The van der Waals surface area contributed by atoms with Gasteiger partial charge in [0, 0.05) is 10.5 Å². The zero-order valence-electron chi connectivity index (χ0n) is 11.2. The van der Waals surface area contributed by atoms with E-state index in [-0.39, 0.29) is 6.04 Å². The molecular formula is C15H22BrNO. The SMILES string of the molecule is CC1CCC(Oc2ccc([C@H](C)N)c(Br)c2)CC1. The first kappa shape index (κ1) is 13.9.